The highest BCUT2D eigenvalue weighted by Crippen LogP contribution is 2.22. The topological polar surface area (TPSA) is 35.2 Å². The van der Waals surface area contributed by atoms with Gasteiger partial charge < -0.3 is 0 Å². The van der Waals surface area contributed by atoms with E-state index in [1.807, 2.05) is 0 Å². The minimum absolute atomic E-state index is 0.0838. The van der Waals surface area contributed by atoms with Crippen molar-refractivity contribution < 1.29 is 9.23 Å². The van der Waals surface area contributed by atoms with Crippen molar-refractivity contribution in [3.8, 4) is 0 Å². The molecule has 0 amide bonds. The largest absolute Gasteiger partial charge is 0.300 e. The van der Waals surface area contributed by atoms with Crippen LogP contribution in [0, 0.1) is 12.7 Å². The lowest BCUT2D eigenvalue weighted by Gasteiger charge is -2.04. The molecule has 0 spiro atoms. The molecule has 1 aromatic rings. The maximum atomic E-state index is 13.1. The summed E-state index contributed by atoms with van der Waals surface area (Å²) in [6.45, 7) is 1.77. The molecule has 0 fully saturated rings. The fraction of sp³-hybridized carbons (Fsp3) is 0.250. The van der Waals surface area contributed by atoms with E-state index in [0.29, 0.717) is 11.1 Å². The number of hydrogen-bond donors (Lipinski definition) is 1. The SMILES string of the molecule is Cc1ccc(CON)c(Cl)c1F. The van der Waals surface area contributed by atoms with Crippen molar-refractivity contribution in [3.63, 3.8) is 0 Å². The highest BCUT2D eigenvalue weighted by atomic mass is 35.5. The molecule has 0 saturated carbocycles. The summed E-state index contributed by atoms with van der Waals surface area (Å²) in [4.78, 5) is 4.35. The molecule has 0 saturated heterocycles. The third-order valence-electron chi connectivity index (χ3n) is 1.59. The summed E-state index contributed by atoms with van der Waals surface area (Å²) in [7, 11) is 0. The van der Waals surface area contributed by atoms with E-state index in [4.69, 9.17) is 17.5 Å². The zero-order chi connectivity index (χ0) is 9.14. The number of halogens is 2. The van der Waals surface area contributed by atoms with Gasteiger partial charge in [-0.15, -0.1) is 0 Å². The fourth-order valence-electron chi connectivity index (χ4n) is 0.887. The van der Waals surface area contributed by atoms with Crippen LogP contribution in [-0.2, 0) is 11.4 Å². The molecule has 0 bridgehead atoms. The molecule has 1 rings (SSSR count). The summed E-state index contributed by atoms with van der Waals surface area (Å²) in [5.74, 6) is 4.43. The molecule has 2 N–H and O–H groups in total. The van der Waals surface area contributed by atoms with E-state index in [1.165, 1.54) is 0 Å². The van der Waals surface area contributed by atoms with Crippen molar-refractivity contribution in [2.24, 2.45) is 5.90 Å². The first-order chi connectivity index (χ1) is 5.66. The van der Waals surface area contributed by atoms with Gasteiger partial charge in [0.15, 0.2) is 0 Å². The van der Waals surface area contributed by atoms with E-state index in [2.05, 4.69) is 4.84 Å². The van der Waals surface area contributed by atoms with Crippen LogP contribution in [0.4, 0.5) is 4.39 Å². The lowest BCUT2D eigenvalue weighted by atomic mass is 10.1. The number of aryl methyl sites for hydroxylation is 1. The molecule has 4 heteroatoms. The van der Waals surface area contributed by atoms with E-state index < -0.39 is 5.82 Å². The Bertz CT molecular complexity index is 291. The number of benzene rings is 1. The van der Waals surface area contributed by atoms with E-state index in [9.17, 15) is 4.39 Å². The lowest BCUT2D eigenvalue weighted by molar-refractivity contribution is 0.124. The first-order valence-corrected chi connectivity index (χ1v) is 3.79. The zero-order valence-corrected chi connectivity index (χ0v) is 7.36. The van der Waals surface area contributed by atoms with Crippen LogP contribution in [0.3, 0.4) is 0 Å². The highest BCUT2D eigenvalue weighted by molar-refractivity contribution is 6.31. The Morgan fingerprint density at radius 1 is 1.58 bits per heavy atom. The van der Waals surface area contributed by atoms with Gasteiger partial charge in [0.05, 0.1) is 11.6 Å². The van der Waals surface area contributed by atoms with Crippen LogP contribution in [0.25, 0.3) is 0 Å². The zero-order valence-electron chi connectivity index (χ0n) is 6.60. The van der Waals surface area contributed by atoms with Gasteiger partial charge in [-0.1, -0.05) is 23.7 Å². The summed E-state index contributed by atoms with van der Waals surface area (Å²) in [6.07, 6.45) is 0. The van der Waals surface area contributed by atoms with Gasteiger partial charge in [0, 0.05) is 5.56 Å². The summed E-state index contributed by atoms with van der Waals surface area (Å²) >= 11 is 5.67. The maximum absolute atomic E-state index is 13.1. The second-order valence-electron chi connectivity index (χ2n) is 2.48. The van der Waals surface area contributed by atoms with E-state index in [1.54, 1.807) is 19.1 Å². The Balaban J connectivity index is 3.08. The Morgan fingerprint density at radius 3 is 2.83 bits per heavy atom. The van der Waals surface area contributed by atoms with Crippen molar-refractivity contribution in [3.05, 3.63) is 34.1 Å². The molecule has 0 atom stereocenters. The summed E-state index contributed by atoms with van der Waals surface area (Å²) in [5.41, 5.74) is 1.07. The minimum atomic E-state index is -0.411. The molecule has 66 valence electrons. The number of rotatable bonds is 2. The van der Waals surface area contributed by atoms with E-state index in [-0.39, 0.29) is 11.6 Å². The van der Waals surface area contributed by atoms with Crippen molar-refractivity contribution >= 4 is 11.6 Å². The summed E-state index contributed by atoms with van der Waals surface area (Å²) in [6, 6.07) is 3.32. The summed E-state index contributed by atoms with van der Waals surface area (Å²) < 4.78 is 13.1. The first-order valence-electron chi connectivity index (χ1n) is 3.42. The van der Waals surface area contributed by atoms with Gasteiger partial charge in [0.2, 0.25) is 0 Å². The van der Waals surface area contributed by atoms with E-state index in [0.717, 1.165) is 0 Å². The standard InChI is InChI=1S/C8H9ClFNO/c1-5-2-3-6(4-12-11)7(9)8(5)10/h2-3H,4,11H2,1H3. The van der Waals surface area contributed by atoms with Crippen LogP contribution in [0.5, 0.6) is 0 Å². The van der Waals surface area contributed by atoms with Crippen LogP contribution in [0.2, 0.25) is 5.02 Å². The minimum Gasteiger partial charge on any atom is -0.300 e. The average Bonchev–Trinajstić information content (AvgIpc) is 2.07. The summed E-state index contributed by atoms with van der Waals surface area (Å²) in [5, 5.41) is 0.0838. The van der Waals surface area contributed by atoms with Gasteiger partial charge in [-0.05, 0) is 12.5 Å². The molecule has 2 nitrogen and oxygen atoms in total. The van der Waals surface area contributed by atoms with Crippen LogP contribution < -0.4 is 5.90 Å². The quantitative estimate of drug-likeness (QED) is 0.724. The predicted molar refractivity (Wildman–Crippen MR) is 45.1 cm³/mol. The molecule has 0 aliphatic heterocycles. The third kappa shape index (κ3) is 1.75. The Hall–Kier alpha value is -0.640. The number of nitrogens with two attached hydrogens (primary N) is 1. The van der Waals surface area contributed by atoms with Crippen molar-refractivity contribution in [2.75, 3.05) is 0 Å². The molecule has 1 aromatic carbocycles. The Kier molecular flexibility index (Phi) is 3.03. The normalized spacial score (nSPS) is 10.3. The molecular weight excluding hydrogens is 181 g/mol. The predicted octanol–water partition coefficient (Wildman–Crippen LogP) is 2.18. The van der Waals surface area contributed by atoms with Gasteiger partial charge in [-0.25, -0.2) is 10.3 Å². The van der Waals surface area contributed by atoms with Crippen molar-refractivity contribution in [2.45, 2.75) is 13.5 Å². The Labute approximate surface area is 75.0 Å². The van der Waals surface area contributed by atoms with Crippen molar-refractivity contribution in [1.82, 2.24) is 0 Å². The monoisotopic (exact) mass is 189 g/mol. The van der Waals surface area contributed by atoms with Gasteiger partial charge >= 0.3 is 0 Å². The van der Waals surface area contributed by atoms with Crippen molar-refractivity contribution in [1.29, 1.82) is 0 Å². The van der Waals surface area contributed by atoms with Gasteiger partial charge in [-0.2, -0.15) is 0 Å². The molecule has 0 aliphatic rings. The second kappa shape index (κ2) is 3.85. The third-order valence-corrected chi connectivity index (χ3v) is 2.00. The molecular formula is C8H9ClFNO. The van der Waals surface area contributed by atoms with Crippen LogP contribution in [-0.4, -0.2) is 0 Å². The van der Waals surface area contributed by atoms with Crippen LogP contribution in [0.1, 0.15) is 11.1 Å². The lowest BCUT2D eigenvalue weighted by Crippen LogP contribution is -2.00. The molecule has 0 aromatic heterocycles. The van der Waals surface area contributed by atoms with E-state index >= 15 is 0 Å². The molecule has 12 heavy (non-hydrogen) atoms. The Morgan fingerprint density at radius 2 is 2.25 bits per heavy atom. The number of hydrogen-bond acceptors (Lipinski definition) is 2. The average molecular weight is 190 g/mol. The van der Waals surface area contributed by atoms with Crippen LogP contribution >= 0.6 is 11.6 Å². The molecule has 0 radical (unpaired) electrons. The maximum Gasteiger partial charge on any atom is 0.145 e. The fourth-order valence-corrected chi connectivity index (χ4v) is 1.15. The van der Waals surface area contributed by atoms with Crippen LogP contribution in [0.15, 0.2) is 12.1 Å². The molecule has 0 unspecified atom stereocenters. The first kappa shape index (κ1) is 9.45. The van der Waals surface area contributed by atoms with Gasteiger partial charge in [-0.3, -0.25) is 4.84 Å². The molecule has 0 aliphatic carbocycles. The second-order valence-corrected chi connectivity index (χ2v) is 2.86. The molecule has 0 heterocycles. The smallest absolute Gasteiger partial charge is 0.145 e. The van der Waals surface area contributed by atoms with Gasteiger partial charge in [0.25, 0.3) is 0 Å². The van der Waals surface area contributed by atoms with Gasteiger partial charge in [0.1, 0.15) is 5.82 Å². The highest BCUT2D eigenvalue weighted by Gasteiger charge is 2.08.